The van der Waals surface area contributed by atoms with Gasteiger partial charge < -0.3 is 4.42 Å². The normalized spacial score (nSPS) is 16.5. The maximum atomic E-state index is 9.31. The van der Waals surface area contributed by atoms with Crippen molar-refractivity contribution < 1.29 is 26.3 Å². The molecule has 6 aromatic carbocycles. The molecule has 2 heterocycles. The third-order valence-corrected chi connectivity index (χ3v) is 6.57. The van der Waals surface area contributed by atoms with Crippen LogP contribution in [0.5, 0.6) is 0 Å². The van der Waals surface area contributed by atoms with Crippen molar-refractivity contribution in [2.45, 2.75) is 0 Å². The molecule has 43 heavy (non-hydrogen) atoms. The van der Waals surface area contributed by atoms with Crippen molar-refractivity contribution in [3.63, 3.8) is 0 Å². The van der Waals surface area contributed by atoms with Crippen LogP contribution in [0.25, 0.3) is 78.4 Å². The van der Waals surface area contributed by atoms with Crippen LogP contribution in [0, 0.1) is 0 Å². The minimum atomic E-state index is -0.760. The lowest BCUT2D eigenvalue weighted by Crippen LogP contribution is -2.00. The van der Waals surface area contributed by atoms with Crippen LogP contribution in [0.15, 0.2) is 156 Å². The monoisotopic (exact) mass is 567 g/mol. The molecule has 0 radical (unpaired) electrons. The van der Waals surface area contributed by atoms with E-state index in [1.165, 1.54) is 0 Å². The van der Waals surface area contributed by atoms with Gasteiger partial charge in [-0.3, -0.25) is 0 Å². The van der Waals surface area contributed by atoms with Gasteiger partial charge in [0, 0.05) is 27.5 Å². The van der Waals surface area contributed by atoms with Crippen LogP contribution < -0.4 is 0 Å². The average molecular weight is 568 g/mol. The van der Waals surface area contributed by atoms with Crippen molar-refractivity contribution in [1.29, 1.82) is 0 Å². The number of hydrogen-bond donors (Lipinski definition) is 0. The van der Waals surface area contributed by atoms with Crippen molar-refractivity contribution in [2.75, 3.05) is 0 Å². The minimum absolute atomic E-state index is 0.0495. The van der Waals surface area contributed by atoms with Gasteiger partial charge in [-0.15, -0.1) is 0 Å². The van der Waals surface area contributed by atoms with Gasteiger partial charge in [-0.25, -0.2) is 15.0 Å². The van der Waals surface area contributed by atoms with Gasteiger partial charge in [-0.05, 0) is 52.5 Å². The number of nitrogens with zero attached hydrogens (tertiary/aromatic N) is 3. The summed E-state index contributed by atoms with van der Waals surface area (Å²) in [4.78, 5) is 12.8. The topological polar surface area (TPSA) is 51.8 Å². The Balaban J connectivity index is 1.43. The molecule has 4 heteroatoms. The predicted octanol–water partition coefficient (Wildman–Crippen LogP) is 10.1. The largest absolute Gasteiger partial charge is 0.456 e. The molecule has 0 amide bonds. The highest BCUT2D eigenvalue weighted by Crippen LogP contribution is 2.35. The van der Waals surface area contributed by atoms with E-state index in [4.69, 9.17) is 20.9 Å². The second kappa shape index (κ2) is 10.5. The number of furan rings is 1. The summed E-state index contributed by atoms with van der Waals surface area (Å²) in [5, 5.41) is -0.293. The Bertz CT molecular complexity index is 2990. The Hall–Kier alpha value is -5.87. The average Bonchev–Trinajstić information content (AvgIpc) is 3.65. The van der Waals surface area contributed by atoms with E-state index in [-0.39, 0.29) is 39.6 Å². The van der Waals surface area contributed by atoms with Crippen LogP contribution >= 0.6 is 0 Å². The zero-order valence-electron chi connectivity index (χ0n) is 37.9. The van der Waals surface area contributed by atoms with E-state index < -0.39 is 119 Å². The molecule has 0 fully saturated rings. The van der Waals surface area contributed by atoms with Gasteiger partial charge >= 0.3 is 0 Å². The molecule has 0 saturated heterocycles. The van der Waals surface area contributed by atoms with Gasteiger partial charge in [0.15, 0.2) is 17.5 Å². The van der Waals surface area contributed by atoms with Crippen molar-refractivity contribution in [1.82, 2.24) is 15.0 Å². The summed E-state index contributed by atoms with van der Waals surface area (Å²) in [6, 6.07) is 5.85. The second-order valence-corrected chi connectivity index (χ2v) is 9.26. The molecule has 0 bridgehead atoms. The first-order valence-electron chi connectivity index (χ1n) is 21.0. The fraction of sp³-hybridized carbons (Fsp3) is 0. The van der Waals surface area contributed by atoms with Crippen LogP contribution in [-0.2, 0) is 0 Å². The number of benzene rings is 6. The zero-order chi connectivity index (χ0) is 42.5. The molecular weight excluding hydrogens is 526 g/mol. The quantitative estimate of drug-likeness (QED) is 0.208. The van der Waals surface area contributed by atoms with Crippen molar-refractivity contribution in [2.24, 2.45) is 0 Å². The third kappa shape index (κ3) is 4.75. The maximum Gasteiger partial charge on any atom is 0.164 e. The zero-order valence-corrected chi connectivity index (χ0v) is 21.9. The van der Waals surface area contributed by atoms with E-state index in [0.29, 0.717) is 5.56 Å². The molecule has 0 aliphatic carbocycles. The highest BCUT2D eigenvalue weighted by molar-refractivity contribution is 6.07. The highest BCUT2D eigenvalue weighted by Gasteiger charge is 2.15. The molecule has 0 unspecified atom stereocenters. The number of hydrogen-bond acceptors (Lipinski definition) is 4. The Morgan fingerprint density at radius 1 is 0.419 bits per heavy atom. The Kier molecular flexibility index (Phi) is 3.28. The lowest BCUT2D eigenvalue weighted by Gasteiger charge is -2.08. The summed E-state index contributed by atoms with van der Waals surface area (Å²) in [7, 11) is 0. The van der Waals surface area contributed by atoms with Crippen LogP contribution in [0.2, 0.25) is 0 Å². The molecule has 0 saturated carbocycles. The molecule has 0 N–H and O–H groups in total. The molecule has 0 spiro atoms. The first-order valence-corrected chi connectivity index (χ1v) is 13.0. The fourth-order valence-corrected chi connectivity index (χ4v) is 4.57. The molecule has 4 nitrogen and oxygen atoms in total. The van der Waals surface area contributed by atoms with Gasteiger partial charge in [0.2, 0.25) is 0 Å². The van der Waals surface area contributed by atoms with Crippen molar-refractivity contribution in [3.05, 3.63) is 151 Å². The summed E-state index contributed by atoms with van der Waals surface area (Å²) >= 11 is 0. The van der Waals surface area contributed by atoms with Crippen molar-refractivity contribution >= 4 is 21.9 Å². The number of fused-ring (bicyclic) bond motifs is 3. The summed E-state index contributed by atoms with van der Waals surface area (Å²) in [5.74, 6) is -1.88. The van der Waals surface area contributed by atoms with Crippen LogP contribution in [0.3, 0.4) is 0 Å². The van der Waals surface area contributed by atoms with E-state index in [9.17, 15) is 5.48 Å². The first kappa shape index (κ1) is 13.4. The Morgan fingerprint density at radius 2 is 1.00 bits per heavy atom. The summed E-state index contributed by atoms with van der Waals surface area (Å²) < 4.78 is 144. The smallest absolute Gasteiger partial charge is 0.164 e. The minimum Gasteiger partial charge on any atom is -0.456 e. The standard InChI is InChI=1S/C39H25N3O/c1-4-11-26(12-5-1)29-17-10-18-30(23-29)31-20-22-35-34(24-31)33-21-19-32(25-36(33)43-35)39-41-37(27-13-6-2-7-14-27)40-38(42-39)28-15-8-3-9-16-28/h1-25H/i2D,3D,6D,7D,8D,9D,13D,14D,15D,16D,19D,20D,21D,22D,24D,25D. The highest BCUT2D eigenvalue weighted by atomic mass is 16.3. The third-order valence-electron chi connectivity index (χ3n) is 6.57. The van der Waals surface area contributed by atoms with Gasteiger partial charge in [-0.1, -0.05) is 121 Å². The molecule has 0 aliphatic rings. The number of rotatable bonds is 5. The first-order chi connectivity index (χ1) is 28.0. The van der Waals surface area contributed by atoms with E-state index >= 15 is 0 Å². The van der Waals surface area contributed by atoms with Gasteiger partial charge in [0.1, 0.15) is 11.2 Å². The van der Waals surface area contributed by atoms with E-state index in [1.807, 2.05) is 36.4 Å². The maximum absolute atomic E-state index is 9.31. The lowest BCUT2D eigenvalue weighted by molar-refractivity contribution is 0.669. The van der Waals surface area contributed by atoms with Crippen LogP contribution in [-0.4, -0.2) is 15.0 Å². The molecule has 8 rings (SSSR count). The molecule has 8 aromatic rings. The molecule has 0 aliphatic heterocycles. The van der Waals surface area contributed by atoms with E-state index in [1.54, 1.807) is 18.2 Å². The predicted molar refractivity (Wildman–Crippen MR) is 174 cm³/mol. The summed E-state index contributed by atoms with van der Waals surface area (Å²) in [6.07, 6.45) is 0. The number of aromatic nitrogens is 3. The van der Waals surface area contributed by atoms with E-state index in [0.717, 1.165) is 11.1 Å². The summed E-state index contributed by atoms with van der Waals surface area (Å²) in [6.45, 7) is 0. The van der Waals surface area contributed by atoms with Gasteiger partial charge in [0.25, 0.3) is 0 Å². The van der Waals surface area contributed by atoms with Crippen LogP contribution in [0.1, 0.15) is 21.9 Å². The van der Waals surface area contributed by atoms with E-state index in [2.05, 4.69) is 15.0 Å². The van der Waals surface area contributed by atoms with Gasteiger partial charge in [0.05, 0.1) is 21.9 Å². The van der Waals surface area contributed by atoms with Crippen molar-refractivity contribution in [3.8, 4) is 56.4 Å². The Morgan fingerprint density at radius 3 is 1.67 bits per heavy atom. The molecule has 0 atom stereocenters. The SMILES string of the molecule is [2H]c1c([2H])c([2H])c(-c2nc(-c3c([2H])c([2H])c([2H])c([2H])c3[2H])nc(-c3c([2H])c([2H])c4c(oc5c([2H])c([2H])c(-c6cccc(-c7ccccc7)c6)c([2H])c54)c3[2H])n2)c([2H])c1[2H]. The van der Waals surface area contributed by atoms with Gasteiger partial charge in [-0.2, -0.15) is 0 Å². The summed E-state index contributed by atoms with van der Waals surface area (Å²) in [5.41, 5.74) is -0.208. The molecule has 2 aromatic heterocycles. The second-order valence-electron chi connectivity index (χ2n) is 9.26. The lowest BCUT2D eigenvalue weighted by atomic mass is 9.98. The van der Waals surface area contributed by atoms with Crippen LogP contribution in [0.4, 0.5) is 0 Å². The Labute approximate surface area is 271 Å². The molecule has 202 valence electrons. The fourth-order valence-electron chi connectivity index (χ4n) is 4.57. The molecular formula is C39H25N3O.